The van der Waals surface area contributed by atoms with Gasteiger partial charge in [-0.25, -0.2) is 4.39 Å². The minimum Gasteiger partial charge on any atom is -0.294 e. The number of hydrogen-bond donors (Lipinski definition) is 0. The van der Waals surface area contributed by atoms with Crippen LogP contribution in [0.4, 0.5) is 4.39 Å². The van der Waals surface area contributed by atoms with Crippen LogP contribution >= 0.6 is 35.0 Å². The molecule has 0 unspecified atom stereocenters. The minimum absolute atomic E-state index is 0.144. The highest BCUT2D eigenvalue weighted by Gasteiger charge is 2.14. The first-order chi connectivity index (χ1) is 12.9. The summed E-state index contributed by atoms with van der Waals surface area (Å²) in [5, 5.41) is 4.63. The van der Waals surface area contributed by atoms with Gasteiger partial charge in [-0.05, 0) is 59.0 Å². The van der Waals surface area contributed by atoms with E-state index in [2.05, 4.69) is 6.58 Å². The van der Waals surface area contributed by atoms with E-state index in [9.17, 15) is 9.18 Å². The molecule has 1 aliphatic rings. The van der Waals surface area contributed by atoms with Crippen molar-refractivity contribution in [3.63, 3.8) is 0 Å². The highest BCUT2D eigenvalue weighted by molar-refractivity contribution is 8.03. The first-order valence-corrected chi connectivity index (χ1v) is 9.79. The predicted octanol–water partition coefficient (Wildman–Crippen LogP) is 5.74. The molecule has 0 N–H and O–H groups in total. The van der Waals surface area contributed by atoms with E-state index in [4.69, 9.17) is 23.2 Å². The molecule has 0 aromatic heterocycles. The number of benzene rings is 3. The van der Waals surface area contributed by atoms with Crippen molar-refractivity contribution in [2.45, 2.75) is 11.3 Å². The fraction of sp³-hybridized carbons (Fsp3) is 0.0455. The van der Waals surface area contributed by atoms with Crippen LogP contribution in [0.5, 0.6) is 0 Å². The summed E-state index contributed by atoms with van der Waals surface area (Å²) < 4.78 is 13.6. The van der Waals surface area contributed by atoms with Crippen LogP contribution in [0, 0.1) is 5.82 Å². The summed E-state index contributed by atoms with van der Waals surface area (Å²) >= 11 is 14.0. The molecular weight excluding hydrogens is 402 g/mol. The van der Waals surface area contributed by atoms with Crippen molar-refractivity contribution < 1.29 is 9.18 Å². The minimum atomic E-state index is -0.429. The average Bonchev–Trinajstić information content (AvgIpc) is 2.64. The highest BCUT2D eigenvalue weighted by atomic mass is 35.5. The van der Waals surface area contributed by atoms with Crippen molar-refractivity contribution >= 4 is 63.7 Å². The molecule has 3 aromatic rings. The van der Waals surface area contributed by atoms with Crippen LogP contribution < -0.4 is 10.4 Å². The molecule has 0 amide bonds. The number of allylic oxidation sites excluding steroid dienone is 1. The Morgan fingerprint density at radius 2 is 1.63 bits per heavy atom. The van der Waals surface area contributed by atoms with Gasteiger partial charge in [-0.3, -0.25) is 4.79 Å². The molecule has 0 aliphatic carbocycles. The first-order valence-electron chi connectivity index (χ1n) is 8.21. The molecule has 4 rings (SSSR count). The van der Waals surface area contributed by atoms with E-state index >= 15 is 0 Å². The number of hydrogen-bond acceptors (Lipinski definition) is 2. The highest BCUT2D eigenvalue weighted by Crippen LogP contribution is 2.32. The van der Waals surface area contributed by atoms with E-state index in [-0.39, 0.29) is 12.2 Å². The van der Waals surface area contributed by atoms with Gasteiger partial charge in [-0.1, -0.05) is 47.6 Å². The van der Waals surface area contributed by atoms with Gasteiger partial charge >= 0.3 is 0 Å². The van der Waals surface area contributed by atoms with Gasteiger partial charge in [-0.15, -0.1) is 0 Å². The number of thioether (sulfide) groups is 1. The average molecular weight is 415 g/mol. The molecule has 0 fully saturated rings. The smallest absolute Gasteiger partial charge is 0.167 e. The normalized spacial score (nSPS) is 16.7. The lowest BCUT2D eigenvalue weighted by atomic mass is 10.0. The molecule has 1 aliphatic heterocycles. The summed E-state index contributed by atoms with van der Waals surface area (Å²) in [4.78, 5) is 14.1. The van der Waals surface area contributed by atoms with Gasteiger partial charge in [0.05, 0.1) is 0 Å². The molecule has 3 aromatic carbocycles. The lowest BCUT2D eigenvalue weighted by Crippen LogP contribution is -2.25. The summed E-state index contributed by atoms with van der Waals surface area (Å²) in [6, 6.07) is 11.7. The van der Waals surface area contributed by atoms with Gasteiger partial charge < -0.3 is 0 Å². The van der Waals surface area contributed by atoms with Crippen LogP contribution in [0.2, 0.25) is 10.0 Å². The number of halogens is 3. The first kappa shape index (κ1) is 18.3. The van der Waals surface area contributed by atoms with E-state index in [1.54, 1.807) is 18.2 Å². The molecule has 0 spiro atoms. The van der Waals surface area contributed by atoms with E-state index in [1.807, 2.05) is 24.3 Å². The number of ketones is 1. The van der Waals surface area contributed by atoms with Crippen LogP contribution in [-0.4, -0.2) is 5.78 Å². The fourth-order valence-corrected chi connectivity index (χ4v) is 4.45. The summed E-state index contributed by atoms with van der Waals surface area (Å²) in [7, 11) is 0. The quantitative estimate of drug-likeness (QED) is 0.466. The van der Waals surface area contributed by atoms with Crippen molar-refractivity contribution in [1.82, 2.24) is 0 Å². The van der Waals surface area contributed by atoms with E-state index < -0.39 is 5.82 Å². The second kappa shape index (κ2) is 7.16. The summed E-state index contributed by atoms with van der Waals surface area (Å²) in [5.41, 5.74) is 0.371. The molecule has 1 nitrogen and oxygen atoms in total. The predicted molar refractivity (Wildman–Crippen MR) is 112 cm³/mol. The van der Waals surface area contributed by atoms with Gasteiger partial charge in [0.1, 0.15) is 5.82 Å². The Labute approximate surface area is 169 Å². The van der Waals surface area contributed by atoms with Gasteiger partial charge in [0.25, 0.3) is 0 Å². The Bertz CT molecular complexity index is 1250. The second-order valence-electron chi connectivity index (χ2n) is 6.24. The molecule has 0 atom stereocenters. The van der Waals surface area contributed by atoms with E-state index in [0.29, 0.717) is 20.5 Å². The molecular formula is C22H13Cl2FOS. The van der Waals surface area contributed by atoms with Crippen molar-refractivity contribution in [1.29, 1.82) is 0 Å². The number of Topliss-reactive ketones (excluding diaryl/α,β-unsaturated/α-hetero) is 1. The van der Waals surface area contributed by atoms with Crippen molar-refractivity contribution in [2.75, 3.05) is 0 Å². The summed E-state index contributed by atoms with van der Waals surface area (Å²) in [5.74, 6) is -0.572. The Balaban J connectivity index is 1.98. The van der Waals surface area contributed by atoms with Crippen LogP contribution in [0.3, 0.4) is 0 Å². The van der Waals surface area contributed by atoms with Gasteiger partial charge in [0, 0.05) is 42.6 Å². The summed E-state index contributed by atoms with van der Waals surface area (Å²) in [6.07, 6.45) is 3.94. The molecule has 1 heterocycles. The Kier molecular flexibility index (Phi) is 4.85. The van der Waals surface area contributed by atoms with Crippen LogP contribution in [0.1, 0.15) is 16.8 Å². The van der Waals surface area contributed by atoms with Gasteiger partial charge in [-0.2, -0.15) is 0 Å². The third-order valence-corrected chi connectivity index (χ3v) is 6.04. The van der Waals surface area contributed by atoms with E-state index in [1.165, 1.54) is 23.9 Å². The molecule has 27 heavy (non-hydrogen) atoms. The number of carbonyl (C=O) groups is 1. The third-order valence-electron chi connectivity index (χ3n) is 4.42. The maximum atomic E-state index is 13.6. The molecule has 0 saturated carbocycles. The van der Waals surface area contributed by atoms with Crippen molar-refractivity contribution in [2.24, 2.45) is 0 Å². The maximum absolute atomic E-state index is 13.6. The zero-order chi connectivity index (χ0) is 19.1. The Morgan fingerprint density at radius 1 is 0.963 bits per heavy atom. The van der Waals surface area contributed by atoms with Crippen molar-refractivity contribution in [3.05, 3.63) is 85.8 Å². The number of rotatable bonds is 0. The van der Waals surface area contributed by atoms with Crippen LogP contribution in [0.15, 0.2) is 58.8 Å². The SMILES string of the molecule is C=C1/C=c2/cc3c(Cl)ccc(Cl)c3c/c2=C/CC(=O)c2cc(F)ccc2S1. The van der Waals surface area contributed by atoms with Crippen LogP contribution in [-0.2, 0) is 0 Å². The molecule has 0 bridgehead atoms. The topological polar surface area (TPSA) is 17.1 Å². The number of carbonyl (C=O) groups excluding carboxylic acids is 1. The standard InChI is InChI=1S/C22H13Cl2FOS/c1-12-8-14-10-17-16(19(23)4-5-20(17)24)9-13(14)2-6-21(26)18-11-15(25)3-7-22(18)27-12/h2-5,7-11H,1,6H2/b13-2-,14-8-. The number of fused-ring (bicyclic) bond motifs is 3. The molecule has 5 heteroatoms. The zero-order valence-electron chi connectivity index (χ0n) is 14.1. The Morgan fingerprint density at radius 3 is 2.33 bits per heavy atom. The largest absolute Gasteiger partial charge is 0.294 e. The zero-order valence-corrected chi connectivity index (χ0v) is 16.4. The monoisotopic (exact) mass is 414 g/mol. The Hall–Kier alpha value is -2.07. The van der Waals surface area contributed by atoms with Gasteiger partial charge in [0.2, 0.25) is 0 Å². The fourth-order valence-electron chi connectivity index (χ4n) is 3.12. The van der Waals surface area contributed by atoms with Crippen molar-refractivity contribution in [3.8, 4) is 0 Å². The molecule has 134 valence electrons. The lowest BCUT2D eigenvalue weighted by molar-refractivity contribution is 0.0996. The maximum Gasteiger partial charge on any atom is 0.167 e. The summed E-state index contributed by atoms with van der Waals surface area (Å²) in [6.45, 7) is 4.08. The molecule has 0 saturated heterocycles. The van der Waals surface area contributed by atoms with Gasteiger partial charge in [0.15, 0.2) is 5.78 Å². The molecule has 0 radical (unpaired) electrons. The lowest BCUT2D eigenvalue weighted by Gasteiger charge is -2.10. The van der Waals surface area contributed by atoms with Crippen LogP contribution in [0.25, 0.3) is 22.9 Å². The third kappa shape index (κ3) is 3.55. The van der Waals surface area contributed by atoms with E-state index in [0.717, 1.165) is 26.1 Å². The second-order valence-corrected chi connectivity index (χ2v) is 8.22.